The molecule has 2 heteroatoms. The number of aliphatic carboxylic acids is 1. The Morgan fingerprint density at radius 2 is 2.08 bits per heavy atom. The van der Waals surface area contributed by atoms with Gasteiger partial charge in [0, 0.05) is 0 Å². The average Bonchev–Trinajstić information content (AvgIpc) is 1.84. The summed E-state index contributed by atoms with van der Waals surface area (Å²) in [5.41, 5.74) is 0.951. The van der Waals surface area contributed by atoms with Gasteiger partial charge in [0.25, 0.3) is 0 Å². The molecule has 0 fully saturated rings. The maximum Gasteiger partial charge on any atom is 0.335 e. The summed E-state index contributed by atoms with van der Waals surface area (Å²) in [5, 5.41) is 8.73. The Hall–Kier alpha value is -1.05. The molecule has 0 saturated heterocycles. The lowest BCUT2D eigenvalue weighted by molar-refractivity contribution is -0.132. The first-order valence-corrected chi connectivity index (χ1v) is 4.04. The maximum atomic E-state index is 10.6. The quantitative estimate of drug-likeness (QED) is 0.517. The lowest BCUT2D eigenvalue weighted by Crippen LogP contribution is -2.01. The van der Waals surface area contributed by atoms with Gasteiger partial charge in [0.05, 0.1) is 5.57 Å². The molecule has 12 heavy (non-hydrogen) atoms. The number of carboxylic acid groups (broad SMARTS) is 1. The van der Waals surface area contributed by atoms with Crippen LogP contribution < -0.4 is 0 Å². The van der Waals surface area contributed by atoms with E-state index in [4.69, 9.17) is 5.11 Å². The van der Waals surface area contributed by atoms with Gasteiger partial charge in [-0.05, 0) is 24.8 Å². The fraction of sp³-hybridized carbons (Fsp3) is 0.500. The van der Waals surface area contributed by atoms with Gasteiger partial charge in [-0.2, -0.15) is 0 Å². The molecule has 0 amide bonds. The van der Waals surface area contributed by atoms with Crippen molar-refractivity contribution in [3.8, 4) is 0 Å². The van der Waals surface area contributed by atoms with Gasteiger partial charge in [0.15, 0.2) is 0 Å². The van der Waals surface area contributed by atoms with E-state index in [0.717, 1.165) is 6.42 Å². The summed E-state index contributed by atoms with van der Waals surface area (Å²) in [6.07, 6.45) is 2.52. The van der Waals surface area contributed by atoms with Crippen molar-refractivity contribution in [2.45, 2.75) is 27.2 Å². The second-order valence-electron chi connectivity index (χ2n) is 3.33. The molecule has 68 valence electrons. The van der Waals surface area contributed by atoms with Crippen molar-refractivity contribution < 1.29 is 9.90 Å². The van der Waals surface area contributed by atoms with E-state index in [1.165, 1.54) is 0 Å². The van der Waals surface area contributed by atoms with Crippen LogP contribution in [0.1, 0.15) is 27.2 Å². The van der Waals surface area contributed by atoms with Gasteiger partial charge in [-0.15, -0.1) is 0 Å². The highest BCUT2D eigenvalue weighted by Crippen LogP contribution is 2.11. The fourth-order valence-corrected chi connectivity index (χ4v) is 0.798. The smallest absolute Gasteiger partial charge is 0.335 e. The minimum atomic E-state index is -0.886. The third-order valence-corrected chi connectivity index (χ3v) is 1.48. The largest absolute Gasteiger partial charge is 0.478 e. The van der Waals surface area contributed by atoms with E-state index in [9.17, 15) is 4.79 Å². The van der Waals surface area contributed by atoms with Crippen molar-refractivity contribution in [3.63, 3.8) is 0 Å². The van der Waals surface area contributed by atoms with E-state index >= 15 is 0 Å². The summed E-state index contributed by atoms with van der Waals surface area (Å²) in [7, 11) is 0. The fourth-order valence-electron chi connectivity index (χ4n) is 0.798. The van der Waals surface area contributed by atoms with Crippen LogP contribution in [-0.2, 0) is 4.79 Å². The Labute approximate surface area is 73.6 Å². The molecule has 0 unspecified atom stereocenters. The summed E-state index contributed by atoms with van der Waals surface area (Å²) in [6.45, 7) is 9.41. The molecule has 0 saturated carbocycles. The van der Waals surface area contributed by atoms with Crippen molar-refractivity contribution in [1.82, 2.24) is 0 Å². The van der Waals surface area contributed by atoms with Gasteiger partial charge < -0.3 is 5.11 Å². The highest BCUT2D eigenvalue weighted by molar-refractivity contribution is 5.91. The molecule has 0 atom stereocenters. The third-order valence-electron chi connectivity index (χ3n) is 1.48. The van der Waals surface area contributed by atoms with Gasteiger partial charge in [-0.25, -0.2) is 4.79 Å². The Morgan fingerprint density at radius 3 is 2.33 bits per heavy atom. The molecule has 0 rings (SSSR count). The Balaban J connectivity index is 4.40. The molecule has 0 radical (unpaired) electrons. The molecule has 0 aromatic carbocycles. The predicted molar refractivity (Wildman–Crippen MR) is 50.0 cm³/mol. The average molecular weight is 168 g/mol. The van der Waals surface area contributed by atoms with Gasteiger partial charge in [-0.3, -0.25) is 0 Å². The second-order valence-corrected chi connectivity index (χ2v) is 3.33. The standard InChI is InChI=1S/C10H16O2/c1-7(2)5-6-9(8(3)4)10(11)12/h6-7H,3,5H2,1-2,4H3,(H,11,12)/b9-6+. The Morgan fingerprint density at radius 1 is 1.58 bits per heavy atom. The van der Waals surface area contributed by atoms with E-state index in [1.807, 2.05) is 13.8 Å². The van der Waals surface area contributed by atoms with Crippen LogP contribution in [0.25, 0.3) is 0 Å². The number of allylic oxidation sites excluding steroid dienone is 1. The van der Waals surface area contributed by atoms with Gasteiger partial charge in [-0.1, -0.05) is 26.5 Å². The van der Waals surface area contributed by atoms with Crippen LogP contribution in [0.4, 0.5) is 0 Å². The molecule has 0 aliphatic heterocycles. The summed E-state index contributed by atoms with van der Waals surface area (Å²) in [5.74, 6) is -0.401. The summed E-state index contributed by atoms with van der Waals surface area (Å²) < 4.78 is 0. The molecular weight excluding hydrogens is 152 g/mol. The summed E-state index contributed by atoms with van der Waals surface area (Å²) in [4.78, 5) is 10.6. The normalized spacial score (nSPS) is 11.8. The minimum Gasteiger partial charge on any atom is -0.478 e. The van der Waals surface area contributed by atoms with Crippen LogP contribution in [0.3, 0.4) is 0 Å². The zero-order valence-electron chi connectivity index (χ0n) is 7.92. The van der Waals surface area contributed by atoms with Crippen molar-refractivity contribution in [2.24, 2.45) is 5.92 Å². The topological polar surface area (TPSA) is 37.3 Å². The van der Waals surface area contributed by atoms with Gasteiger partial charge >= 0.3 is 5.97 Å². The molecule has 2 nitrogen and oxygen atoms in total. The van der Waals surface area contributed by atoms with Crippen molar-refractivity contribution in [2.75, 3.05) is 0 Å². The highest BCUT2D eigenvalue weighted by atomic mass is 16.4. The molecular formula is C10H16O2. The number of carbonyl (C=O) groups is 1. The Kier molecular flexibility index (Phi) is 4.34. The molecule has 0 aliphatic carbocycles. The van der Waals surface area contributed by atoms with Crippen LogP contribution in [0.15, 0.2) is 23.8 Å². The van der Waals surface area contributed by atoms with Crippen molar-refractivity contribution in [3.05, 3.63) is 23.8 Å². The first-order chi connectivity index (χ1) is 5.45. The number of hydrogen-bond acceptors (Lipinski definition) is 1. The number of carboxylic acids is 1. The number of rotatable bonds is 4. The molecule has 0 heterocycles. The van der Waals surface area contributed by atoms with Crippen LogP contribution >= 0.6 is 0 Å². The molecule has 0 aromatic rings. The van der Waals surface area contributed by atoms with E-state index < -0.39 is 5.97 Å². The SMILES string of the molecule is C=C(C)/C(=C\CC(C)C)C(=O)O. The molecule has 0 bridgehead atoms. The lowest BCUT2D eigenvalue weighted by Gasteiger charge is -2.02. The van der Waals surface area contributed by atoms with Crippen LogP contribution in [0.5, 0.6) is 0 Å². The number of hydrogen-bond donors (Lipinski definition) is 1. The third kappa shape index (κ3) is 3.96. The first-order valence-electron chi connectivity index (χ1n) is 4.04. The second kappa shape index (κ2) is 4.75. The zero-order chi connectivity index (χ0) is 9.72. The van der Waals surface area contributed by atoms with E-state index in [0.29, 0.717) is 17.1 Å². The van der Waals surface area contributed by atoms with Crippen LogP contribution in [0.2, 0.25) is 0 Å². The monoisotopic (exact) mass is 168 g/mol. The highest BCUT2D eigenvalue weighted by Gasteiger charge is 2.06. The Bertz CT molecular complexity index is 196. The van der Waals surface area contributed by atoms with E-state index in [-0.39, 0.29) is 0 Å². The van der Waals surface area contributed by atoms with E-state index in [2.05, 4.69) is 6.58 Å². The van der Waals surface area contributed by atoms with Crippen LogP contribution in [0, 0.1) is 5.92 Å². The summed E-state index contributed by atoms with van der Waals surface area (Å²) >= 11 is 0. The lowest BCUT2D eigenvalue weighted by atomic mass is 10.0. The maximum absolute atomic E-state index is 10.6. The predicted octanol–water partition coefficient (Wildman–Crippen LogP) is 2.62. The zero-order valence-corrected chi connectivity index (χ0v) is 7.92. The molecule has 0 spiro atoms. The molecule has 0 aliphatic rings. The molecule has 0 aromatic heterocycles. The first kappa shape index (κ1) is 11.0. The van der Waals surface area contributed by atoms with E-state index in [1.54, 1.807) is 13.0 Å². The molecule has 1 N–H and O–H groups in total. The van der Waals surface area contributed by atoms with Crippen LogP contribution in [-0.4, -0.2) is 11.1 Å². The summed E-state index contributed by atoms with van der Waals surface area (Å²) in [6, 6.07) is 0. The van der Waals surface area contributed by atoms with Crippen molar-refractivity contribution in [1.29, 1.82) is 0 Å². The van der Waals surface area contributed by atoms with Gasteiger partial charge in [0.2, 0.25) is 0 Å². The van der Waals surface area contributed by atoms with Crippen molar-refractivity contribution >= 4 is 5.97 Å². The minimum absolute atomic E-state index is 0.337. The van der Waals surface area contributed by atoms with Gasteiger partial charge in [0.1, 0.15) is 0 Å².